The molecule has 4 heterocycles. The number of aliphatic hydroxyl groups is 1. The van der Waals surface area contributed by atoms with Crippen LogP contribution in [0, 0.1) is 17.1 Å². The van der Waals surface area contributed by atoms with Gasteiger partial charge in [0.2, 0.25) is 5.91 Å². The van der Waals surface area contributed by atoms with Crippen LogP contribution in [-0.4, -0.2) is 98.9 Å². The summed E-state index contributed by atoms with van der Waals surface area (Å²) in [6.45, 7) is 15.4. The number of thiazole rings is 1. The Balaban J connectivity index is 1.28. The molecule has 12 heteroatoms. The Morgan fingerprint density at radius 1 is 1.21 bits per heavy atom. The summed E-state index contributed by atoms with van der Waals surface area (Å²) in [5.41, 5.74) is 4.87. The number of hydrogen-bond donors (Lipinski definition) is 1. The van der Waals surface area contributed by atoms with E-state index in [0.29, 0.717) is 53.9 Å². The van der Waals surface area contributed by atoms with E-state index in [9.17, 15) is 19.6 Å². The maximum absolute atomic E-state index is 13.5. The highest BCUT2D eigenvalue weighted by molar-refractivity contribution is 7.16. The second-order valence-electron chi connectivity index (χ2n) is 10.8. The zero-order valence-corrected chi connectivity index (χ0v) is 25.6. The van der Waals surface area contributed by atoms with Gasteiger partial charge in [0, 0.05) is 62.8 Å². The van der Waals surface area contributed by atoms with Gasteiger partial charge in [-0.15, -0.1) is 0 Å². The van der Waals surface area contributed by atoms with Gasteiger partial charge in [-0.3, -0.25) is 9.69 Å². The largest absolute Gasteiger partial charge is 0.389 e. The van der Waals surface area contributed by atoms with Crippen molar-refractivity contribution >= 4 is 33.8 Å². The lowest BCUT2D eigenvalue weighted by molar-refractivity contribution is -0.142. The van der Waals surface area contributed by atoms with E-state index in [1.54, 1.807) is 17.0 Å². The van der Waals surface area contributed by atoms with Crippen LogP contribution in [0.4, 0.5) is 15.2 Å². The first-order valence-electron chi connectivity index (χ1n) is 14.5. The lowest BCUT2D eigenvalue weighted by atomic mass is 10.1. The van der Waals surface area contributed by atoms with Gasteiger partial charge >= 0.3 is 0 Å². The van der Waals surface area contributed by atoms with Gasteiger partial charge in [0.15, 0.2) is 5.13 Å². The Labute approximate surface area is 255 Å². The summed E-state index contributed by atoms with van der Waals surface area (Å²) in [5.74, 6) is -0.263. The Morgan fingerprint density at radius 3 is 2.51 bits per heavy atom. The van der Waals surface area contributed by atoms with Crippen molar-refractivity contribution in [3.63, 3.8) is 0 Å². The molecule has 0 unspecified atom stereocenters. The second kappa shape index (κ2) is 13.1. The molecule has 2 aliphatic heterocycles. The molecular weight excluding hydrogens is 567 g/mol. The molecule has 2 aromatic heterocycles. The number of aromatic nitrogens is 3. The molecule has 5 rings (SSSR count). The number of allylic oxidation sites excluding steroid dienone is 2. The molecule has 1 aromatic carbocycles. The SMILES string of the molecule is C=C(/C=C(/C)n1cc(N(CC)c2nc(-c3ccc(F)cc3)c(C#N)s2)c(CC)n1)N1CCN(CC(=O)N2CC(O)C2)CC1. The molecule has 2 aliphatic rings. The summed E-state index contributed by atoms with van der Waals surface area (Å²) in [5, 5.41) is 24.8. The molecule has 0 bridgehead atoms. The predicted molar refractivity (Wildman–Crippen MR) is 166 cm³/mol. The topological polar surface area (TPSA) is 105 Å². The summed E-state index contributed by atoms with van der Waals surface area (Å²) in [7, 11) is 0. The summed E-state index contributed by atoms with van der Waals surface area (Å²) in [4.78, 5) is 25.8. The normalized spacial score (nSPS) is 16.2. The number of aryl methyl sites for hydroxylation is 1. The number of nitriles is 1. The first kappa shape index (κ1) is 30.4. The van der Waals surface area contributed by atoms with Gasteiger partial charge in [0.1, 0.15) is 22.5 Å². The van der Waals surface area contributed by atoms with E-state index in [1.165, 1.54) is 23.5 Å². The number of rotatable bonds is 10. The Bertz CT molecular complexity index is 1540. The predicted octanol–water partition coefficient (Wildman–Crippen LogP) is 3.93. The monoisotopic (exact) mass is 604 g/mol. The van der Waals surface area contributed by atoms with Crippen molar-refractivity contribution in [2.45, 2.75) is 33.3 Å². The van der Waals surface area contributed by atoms with E-state index in [4.69, 9.17) is 10.1 Å². The fraction of sp³-hybridized carbons (Fsp3) is 0.419. The van der Waals surface area contributed by atoms with E-state index in [-0.39, 0.29) is 17.8 Å². The summed E-state index contributed by atoms with van der Waals surface area (Å²) in [6.07, 6.45) is 4.35. The first-order chi connectivity index (χ1) is 20.7. The molecule has 2 fully saturated rings. The van der Waals surface area contributed by atoms with E-state index >= 15 is 0 Å². The number of amides is 1. The van der Waals surface area contributed by atoms with E-state index in [2.05, 4.69) is 34.3 Å². The van der Waals surface area contributed by atoms with Crippen molar-refractivity contribution in [1.82, 2.24) is 29.5 Å². The number of aliphatic hydroxyl groups excluding tert-OH is 1. The lowest BCUT2D eigenvalue weighted by Crippen LogP contribution is -2.57. The Morgan fingerprint density at radius 2 is 1.91 bits per heavy atom. The highest BCUT2D eigenvalue weighted by atomic mass is 32.1. The minimum Gasteiger partial charge on any atom is -0.389 e. The van der Waals surface area contributed by atoms with Crippen molar-refractivity contribution in [2.24, 2.45) is 0 Å². The fourth-order valence-corrected chi connectivity index (χ4v) is 6.28. The summed E-state index contributed by atoms with van der Waals surface area (Å²) < 4.78 is 15.4. The van der Waals surface area contributed by atoms with Gasteiger partial charge in [0.05, 0.1) is 30.2 Å². The standard InChI is InChI=1S/C31H37FN8O2S/c1-5-26-27(39(6-2)31-34-30(28(16-33)43-31)23-7-9-24(32)10-8-23)19-40(35-26)22(4)15-21(3)37-13-11-36(12-14-37)20-29(42)38-17-25(41)18-38/h7-10,15,19,25,41H,3,5-6,11-14,17-18,20H2,1-2,4H3/b22-15-. The van der Waals surface area contributed by atoms with Crippen molar-refractivity contribution in [3.8, 4) is 17.3 Å². The van der Waals surface area contributed by atoms with Crippen molar-refractivity contribution in [1.29, 1.82) is 5.26 Å². The molecule has 0 spiro atoms. The number of carbonyl (C=O) groups is 1. The molecule has 0 saturated carbocycles. The zero-order valence-electron chi connectivity index (χ0n) is 24.8. The number of benzene rings is 1. The van der Waals surface area contributed by atoms with Crippen LogP contribution in [0.5, 0.6) is 0 Å². The molecule has 1 amide bonds. The molecule has 43 heavy (non-hydrogen) atoms. The van der Waals surface area contributed by atoms with E-state index in [1.807, 2.05) is 30.8 Å². The van der Waals surface area contributed by atoms with E-state index < -0.39 is 0 Å². The van der Waals surface area contributed by atoms with Gasteiger partial charge in [-0.05, 0) is 50.6 Å². The molecule has 226 valence electrons. The lowest BCUT2D eigenvalue weighted by Gasteiger charge is -2.40. The molecular formula is C31H37FN8O2S. The third-order valence-corrected chi connectivity index (χ3v) is 8.85. The van der Waals surface area contributed by atoms with Gasteiger partial charge in [-0.1, -0.05) is 24.8 Å². The summed E-state index contributed by atoms with van der Waals surface area (Å²) in [6, 6.07) is 8.27. The number of carbonyl (C=O) groups excluding carboxylic acids is 1. The van der Waals surface area contributed by atoms with Crippen LogP contribution >= 0.6 is 11.3 Å². The van der Waals surface area contributed by atoms with Crippen LogP contribution in [0.15, 0.2) is 48.8 Å². The number of anilines is 2. The molecule has 3 aromatic rings. The van der Waals surface area contributed by atoms with Gasteiger partial charge in [0.25, 0.3) is 0 Å². The third-order valence-electron chi connectivity index (χ3n) is 7.87. The maximum atomic E-state index is 13.5. The average Bonchev–Trinajstić information content (AvgIpc) is 3.62. The van der Waals surface area contributed by atoms with Crippen LogP contribution in [0.2, 0.25) is 0 Å². The highest BCUT2D eigenvalue weighted by Crippen LogP contribution is 2.37. The highest BCUT2D eigenvalue weighted by Gasteiger charge is 2.30. The number of likely N-dealkylation sites (tertiary alicyclic amines) is 1. The third kappa shape index (κ3) is 6.64. The van der Waals surface area contributed by atoms with Crippen LogP contribution in [0.3, 0.4) is 0 Å². The number of nitrogens with zero attached hydrogens (tertiary/aromatic N) is 8. The molecule has 1 N–H and O–H groups in total. The molecule has 0 atom stereocenters. The van der Waals surface area contributed by atoms with Crippen LogP contribution in [-0.2, 0) is 11.2 Å². The zero-order chi connectivity index (χ0) is 30.7. The van der Waals surface area contributed by atoms with Gasteiger partial charge in [-0.2, -0.15) is 10.4 Å². The quantitative estimate of drug-likeness (QED) is 0.347. The Hall–Kier alpha value is -4.05. The van der Waals surface area contributed by atoms with Gasteiger partial charge in [-0.25, -0.2) is 14.1 Å². The molecule has 0 radical (unpaired) electrons. The fourth-order valence-electron chi connectivity index (χ4n) is 5.31. The van der Waals surface area contributed by atoms with Crippen molar-refractivity contribution in [3.05, 3.63) is 65.2 Å². The summed E-state index contributed by atoms with van der Waals surface area (Å²) >= 11 is 1.31. The van der Waals surface area contributed by atoms with Gasteiger partial charge < -0.3 is 19.8 Å². The second-order valence-corrected chi connectivity index (χ2v) is 11.8. The maximum Gasteiger partial charge on any atom is 0.236 e. The van der Waals surface area contributed by atoms with Crippen LogP contribution < -0.4 is 4.90 Å². The van der Waals surface area contributed by atoms with Crippen LogP contribution in [0.1, 0.15) is 31.3 Å². The first-order valence-corrected chi connectivity index (χ1v) is 15.4. The number of hydrogen-bond acceptors (Lipinski definition) is 9. The molecule has 2 saturated heterocycles. The number of β-amino-alcohol motifs (C(OH)–C–C–N with tert-alkyl or cyclic N) is 1. The Kier molecular flexibility index (Phi) is 9.25. The van der Waals surface area contributed by atoms with Crippen molar-refractivity contribution in [2.75, 3.05) is 57.3 Å². The molecule has 10 nitrogen and oxygen atoms in total. The smallest absolute Gasteiger partial charge is 0.236 e. The van der Waals surface area contributed by atoms with Crippen molar-refractivity contribution < 1.29 is 14.3 Å². The minimum atomic E-state index is -0.382. The minimum absolute atomic E-state index is 0.0731. The average molecular weight is 605 g/mol. The van der Waals surface area contributed by atoms with Crippen LogP contribution in [0.25, 0.3) is 17.0 Å². The number of halogens is 1. The van der Waals surface area contributed by atoms with E-state index in [0.717, 1.165) is 49.0 Å². The molecule has 0 aliphatic carbocycles. The number of piperazine rings is 1.